The first-order chi connectivity index (χ1) is 22.3. The lowest BCUT2D eigenvalue weighted by Crippen LogP contribution is -2.40. The zero-order valence-electron chi connectivity index (χ0n) is 25.6. The van der Waals surface area contributed by atoms with Gasteiger partial charge in [-0.25, -0.2) is 9.38 Å². The molecule has 0 spiro atoms. The standard InChI is InChI=1S/C38H31FN4O2S/c1-23-17-19-26(20-18-23)35-34(36(44)41-28-12-5-4-6-13-28)24(2)40-38-43(35)37(45)33(46-38)21-30-25(3)42(32-16-10-8-14-29(30)32)22-27-11-7-9-15-31(27)39/h4-21,35H,22H2,1-3H3,(H,41,44)/b33-21-/t35-/m0/s1. The molecule has 0 saturated heterocycles. The maximum atomic E-state index is 14.7. The number of aryl methyl sites for hydroxylation is 1. The van der Waals surface area contributed by atoms with Crippen LogP contribution in [0.3, 0.4) is 0 Å². The number of nitrogens with zero attached hydrogens (tertiary/aromatic N) is 3. The Labute approximate surface area is 269 Å². The van der Waals surface area contributed by atoms with Crippen LogP contribution in [0.1, 0.15) is 40.9 Å². The van der Waals surface area contributed by atoms with E-state index < -0.39 is 6.04 Å². The normalized spacial score (nSPS) is 14.8. The van der Waals surface area contributed by atoms with Crippen molar-refractivity contribution in [3.63, 3.8) is 0 Å². The minimum atomic E-state index is -0.661. The second-order valence-electron chi connectivity index (χ2n) is 11.5. The lowest BCUT2D eigenvalue weighted by molar-refractivity contribution is -0.113. The van der Waals surface area contributed by atoms with Gasteiger partial charge in [0.2, 0.25) is 0 Å². The Morgan fingerprint density at radius 2 is 1.61 bits per heavy atom. The molecule has 46 heavy (non-hydrogen) atoms. The highest BCUT2D eigenvalue weighted by Gasteiger charge is 2.32. The van der Waals surface area contributed by atoms with E-state index in [9.17, 15) is 14.0 Å². The molecular formula is C38H31FN4O2S. The van der Waals surface area contributed by atoms with Crippen LogP contribution in [-0.2, 0) is 11.3 Å². The van der Waals surface area contributed by atoms with Gasteiger partial charge in [-0.15, -0.1) is 0 Å². The van der Waals surface area contributed by atoms with E-state index in [1.807, 2.05) is 112 Å². The van der Waals surface area contributed by atoms with Crippen molar-refractivity contribution in [2.45, 2.75) is 33.4 Å². The second-order valence-corrected chi connectivity index (χ2v) is 12.5. The van der Waals surface area contributed by atoms with Gasteiger partial charge in [0.05, 0.1) is 28.4 Å². The van der Waals surface area contributed by atoms with E-state index in [0.717, 1.165) is 33.3 Å². The van der Waals surface area contributed by atoms with E-state index in [-0.39, 0.29) is 17.3 Å². The minimum Gasteiger partial charge on any atom is -0.340 e. The SMILES string of the molecule is CC1=C(C(=O)Nc2ccccc2)[C@H](c2ccc(C)cc2)n2c(s/c(=C\c3c(C)n(Cc4ccccc4F)c4ccccc34)c2=O)=N1. The van der Waals surface area contributed by atoms with Crippen molar-refractivity contribution in [3.8, 4) is 0 Å². The van der Waals surface area contributed by atoms with Crippen molar-refractivity contribution in [1.82, 2.24) is 9.13 Å². The Morgan fingerprint density at radius 1 is 0.913 bits per heavy atom. The molecule has 1 aliphatic rings. The lowest BCUT2D eigenvalue weighted by Gasteiger charge is -2.25. The second kappa shape index (κ2) is 11.9. The van der Waals surface area contributed by atoms with E-state index in [0.29, 0.717) is 38.4 Å². The summed E-state index contributed by atoms with van der Waals surface area (Å²) in [6.45, 7) is 6.18. The number of hydrogen-bond donors (Lipinski definition) is 1. The summed E-state index contributed by atoms with van der Waals surface area (Å²) in [7, 11) is 0. The van der Waals surface area contributed by atoms with Gasteiger partial charge in [0.1, 0.15) is 5.82 Å². The Hall–Kier alpha value is -5.34. The van der Waals surface area contributed by atoms with Crippen LogP contribution < -0.4 is 20.2 Å². The van der Waals surface area contributed by atoms with Gasteiger partial charge in [0, 0.05) is 33.4 Å². The van der Waals surface area contributed by atoms with Crippen LogP contribution in [0.5, 0.6) is 0 Å². The summed E-state index contributed by atoms with van der Waals surface area (Å²) in [5.74, 6) is -0.563. The number of amides is 1. The highest BCUT2D eigenvalue weighted by atomic mass is 32.1. The zero-order valence-corrected chi connectivity index (χ0v) is 26.4. The number of benzene rings is 4. The van der Waals surface area contributed by atoms with Crippen molar-refractivity contribution >= 4 is 39.9 Å². The number of thiazole rings is 1. The average molecular weight is 627 g/mol. The van der Waals surface area contributed by atoms with E-state index in [2.05, 4.69) is 9.88 Å². The maximum Gasteiger partial charge on any atom is 0.271 e. The van der Waals surface area contributed by atoms with Crippen molar-refractivity contribution in [3.05, 3.63) is 168 Å². The first-order valence-corrected chi connectivity index (χ1v) is 15.9. The van der Waals surface area contributed by atoms with Gasteiger partial charge >= 0.3 is 0 Å². The first-order valence-electron chi connectivity index (χ1n) is 15.1. The highest BCUT2D eigenvalue weighted by molar-refractivity contribution is 7.07. The number of allylic oxidation sites excluding steroid dienone is 1. The van der Waals surface area contributed by atoms with Crippen LogP contribution in [0.15, 0.2) is 124 Å². The fourth-order valence-corrected chi connectivity index (χ4v) is 7.20. The molecule has 0 unspecified atom stereocenters. The number of carbonyl (C=O) groups is 1. The predicted octanol–water partition coefficient (Wildman–Crippen LogP) is 6.63. The number of halogens is 1. The van der Waals surface area contributed by atoms with Crippen molar-refractivity contribution in [1.29, 1.82) is 0 Å². The number of aromatic nitrogens is 2. The molecule has 0 saturated carbocycles. The van der Waals surface area contributed by atoms with Crippen molar-refractivity contribution < 1.29 is 9.18 Å². The molecule has 8 heteroatoms. The summed E-state index contributed by atoms with van der Waals surface area (Å²) in [6.07, 6.45) is 1.91. The molecule has 4 aromatic carbocycles. The molecule has 1 atom stereocenters. The average Bonchev–Trinajstić information content (AvgIpc) is 3.50. The smallest absolute Gasteiger partial charge is 0.271 e. The number of fused-ring (bicyclic) bond motifs is 2. The van der Waals surface area contributed by atoms with Crippen LogP contribution in [0, 0.1) is 19.7 Å². The number of hydrogen-bond acceptors (Lipinski definition) is 4. The van der Waals surface area contributed by atoms with Crippen LogP contribution in [0.25, 0.3) is 17.0 Å². The third kappa shape index (κ3) is 5.20. The van der Waals surface area contributed by atoms with Gasteiger partial charge in [0.25, 0.3) is 11.5 Å². The fraction of sp³-hybridized carbons (Fsp3) is 0.132. The number of nitrogens with one attached hydrogen (secondary N) is 1. The van der Waals surface area contributed by atoms with Crippen LogP contribution in [0.2, 0.25) is 0 Å². The number of anilines is 1. The fourth-order valence-electron chi connectivity index (χ4n) is 6.17. The number of rotatable bonds is 6. The summed E-state index contributed by atoms with van der Waals surface area (Å²) in [5, 5.41) is 3.97. The largest absolute Gasteiger partial charge is 0.340 e. The van der Waals surface area contributed by atoms with E-state index >= 15 is 0 Å². The van der Waals surface area contributed by atoms with Crippen LogP contribution >= 0.6 is 11.3 Å². The zero-order chi connectivity index (χ0) is 31.9. The summed E-state index contributed by atoms with van der Waals surface area (Å²) < 4.78 is 18.9. The van der Waals surface area contributed by atoms with Gasteiger partial charge in [-0.3, -0.25) is 14.2 Å². The van der Waals surface area contributed by atoms with Gasteiger partial charge < -0.3 is 9.88 Å². The lowest BCUT2D eigenvalue weighted by atomic mass is 9.94. The van der Waals surface area contributed by atoms with Gasteiger partial charge in [0.15, 0.2) is 4.80 Å². The summed E-state index contributed by atoms with van der Waals surface area (Å²) in [5.41, 5.74) is 6.67. The Balaban J connectivity index is 1.39. The maximum absolute atomic E-state index is 14.7. The summed E-state index contributed by atoms with van der Waals surface area (Å²) >= 11 is 1.31. The molecule has 2 aromatic heterocycles. The molecule has 1 aliphatic heterocycles. The molecular weight excluding hydrogens is 596 g/mol. The summed E-state index contributed by atoms with van der Waals surface area (Å²) in [4.78, 5) is 33.5. The van der Waals surface area contributed by atoms with Gasteiger partial charge in [-0.05, 0) is 56.7 Å². The highest BCUT2D eigenvalue weighted by Crippen LogP contribution is 2.32. The molecule has 1 N–H and O–H groups in total. The molecule has 0 radical (unpaired) electrons. The molecule has 1 amide bonds. The van der Waals surface area contributed by atoms with Gasteiger partial charge in [-0.1, -0.05) is 95.8 Å². The third-order valence-electron chi connectivity index (χ3n) is 8.53. The van der Waals surface area contributed by atoms with E-state index in [1.165, 1.54) is 17.4 Å². The Kier molecular flexibility index (Phi) is 7.58. The molecule has 6 nitrogen and oxygen atoms in total. The Bertz CT molecular complexity index is 2350. The topological polar surface area (TPSA) is 68.4 Å². The van der Waals surface area contributed by atoms with Crippen LogP contribution in [0.4, 0.5) is 10.1 Å². The summed E-state index contributed by atoms with van der Waals surface area (Å²) in [6, 6.07) is 31.3. The Morgan fingerprint density at radius 3 is 2.37 bits per heavy atom. The molecule has 6 aromatic rings. The molecule has 0 fully saturated rings. The molecule has 228 valence electrons. The van der Waals surface area contributed by atoms with E-state index in [1.54, 1.807) is 16.7 Å². The van der Waals surface area contributed by atoms with Crippen molar-refractivity contribution in [2.75, 3.05) is 5.32 Å². The van der Waals surface area contributed by atoms with Crippen LogP contribution in [-0.4, -0.2) is 15.0 Å². The van der Waals surface area contributed by atoms with Crippen molar-refractivity contribution in [2.24, 2.45) is 4.99 Å². The molecule has 0 bridgehead atoms. The molecule has 0 aliphatic carbocycles. The monoisotopic (exact) mass is 626 g/mol. The number of carbonyl (C=O) groups excluding carboxylic acids is 1. The molecule has 3 heterocycles. The number of para-hydroxylation sites is 2. The quantitative estimate of drug-likeness (QED) is 0.226. The predicted molar refractivity (Wildman–Crippen MR) is 182 cm³/mol. The van der Waals surface area contributed by atoms with E-state index in [4.69, 9.17) is 4.99 Å². The first kappa shape index (κ1) is 29.4. The minimum absolute atomic E-state index is 0.225. The molecule has 7 rings (SSSR count). The third-order valence-corrected chi connectivity index (χ3v) is 9.52. The van der Waals surface area contributed by atoms with Gasteiger partial charge in [-0.2, -0.15) is 0 Å².